The second kappa shape index (κ2) is 8.55. The summed E-state index contributed by atoms with van der Waals surface area (Å²) in [6.45, 7) is 3.63. The van der Waals surface area contributed by atoms with E-state index < -0.39 is 11.7 Å². The van der Waals surface area contributed by atoms with E-state index in [0.717, 1.165) is 17.5 Å². The summed E-state index contributed by atoms with van der Waals surface area (Å²) in [7, 11) is 0. The van der Waals surface area contributed by atoms with E-state index in [1.165, 1.54) is 12.1 Å². The average Bonchev–Trinajstić information content (AvgIpc) is 3.11. The predicted molar refractivity (Wildman–Crippen MR) is 116 cm³/mol. The van der Waals surface area contributed by atoms with E-state index in [4.69, 9.17) is 4.42 Å². The maximum absolute atomic E-state index is 13.9. The van der Waals surface area contributed by atoms with Crippen LogP contribution in [0.15, 0.2) is 58.0 Å². The van der Waals surface area contributed by atoms with Gasteiger partial charge < -0.3 is 9.73 Å². The van der Waals surface area contributed by atoms with Gasteiger partial charge in [0.25, 0.3) is 11.8 Å². The Balaban J connectivity index is 1.59. The highest BCUT2D eigenvalue weighted by atomic mass is 19.1. The highest BCUT2D eigenvalue weighted by molar-refractivity contribution is 6.09. The topological polar surface area (TPSA) is 83.7 Å². The number of hydrogen-bond donors (Lipinski definition) is 2. The van der Waals surface area contributed by atoms with Gasteiger partial charge in [0, 0.05) is 23.1 Å². The molecule has 7 heteroatoms. The fourth-order valence-corrected chi connectivity index (χ4v) is 3.74. The molecule has 0 aliphatic heterocycles. The normalized spacial score (nSPS) is 14.2. The van der Waals surface area contributed by atoms with Crippen LogP contribution >= 0.6 is 0 Å². The minimum absolute atomic E-state index is 0.0839. The second-order valence-electron chi connectivity index (χ2n) is 7.46. The first-order valence-electron chi connectivity index (χ1n) is 10.1. The van der Waals surface area contributed by atoms with Gasteiger partial charge >= 0.3 is 0 Å². The monoisotopic (exact) mass is 419 g/mol. The summed E-state index contributed by atoms with van der Waals surface area (Å²) in [5, 5.41) is 6.89. The molecule has 2 N–H and O–H groups in total. The minimum atomic E-state index is -0.528. The Labute approximate surface area is 179 Å². The van der Waals surface area contributed by atoms with E-state index >= 15 is 0 Å². The number of amides is 2. The standard InChI is InChI=1S/C24H22FN3O3/c1-14-8-3-4-9-16(14)23(29)28-27-19-12-7-13-20-21(19)15(2)22(31-20)24(30)26-18-11-6-5-10-17(18)25/h3-6,8-11H,7,12-13H2,1-2H3,(H,26,30)(H,28,29)/b27-19+. The van der Waals surface area contributed by atoms with Crippen LogP contribution in [0.1, 0.15) is 56.2 Å². The molecule has 2 aromatic carbocycles. The first-order chi connectivity index (χ1) is 15.0. The summed E-state index contributed by atoms with van der Waals surface area (Å²) in [6, 6.07) is 13.2. The number of nitrogens with one attached hydrogen (secondary N) is 2. The number of aryl methyl sites for hydroxylation is 2. The van der Waals surface area contributed by atoms with Crippen molar-refractivity contribution in [1.29, 1.82) is 0 Å². The molecule has 3 aromatic rings. The lowest BCUT2D eigenvalue weighted by Gasteiger charge is -2.13. The average molecular weight is 419 g/mol. The Kier molecular flexibility index (Phi) is 5.66. The Morgan fingerprint density at radius 2 is 1.74 bits per heavy atom. The molecule has 0 unspecified atom stereocenters. The number of para-hydroxylation sites is 1. The molecule has 0 saturated heterocycles. The number of hydrogen-bond acceptors (Lipinski definition) is 4. The van der Waals surface area contributed by atoms with E-state index in [-0.39, 0.29) is 17.4 Å². The molecule has 2 amide bonds. The molecule has 1 heterocycles. The zero-order chi connectivity index (χ0) is 22.0. The van der Waals surface area contributed by atoms with Gasteiger partial charge in [-0.25, -0.2) is 9.82 Å². The summed E-state index contributed by atoms with van der Waals surface area (Å²) in [5.74, 6) is -0.581. The lowest BCUT2D eigenvalue weighted by atomic mass is 9.93. The molecule has 31 heavy (non-hydrogen) atoms. The van der Waals surface area contributed by atoms with Gasteiger partial charge in [-0.15, -0.1) is 0 Å². The van der Waals surface area contributed by atoms with Crippen molar-refractivity contribution in [3.63, 3.8) is 0 Å². The second-order valence-corrected chi connectivity index (χ2v) is 7.46. The SMILES string of the molecule is Cc1ccccc1C(=O)N/N=C1\CCCc2oc(C(=O)Nc3ccccc3F)c(C)c21. The van der Waals surface area contributed by atoms with Crippen LogP contribution in [0, 0.1) is 19.7 Å². The Morgan fingerprint density at radius 3 is 2.52 bits per heavy atom. The summed E-state index contributed by atoms with van der Waals surface area (Å²) < 4.78 is 19.7. The van der Waals surface area contributed by atoms with Crippen molar-refractivity contribution in [3.8, 4) is 0 Å². The first-order valence-corrected chi connectivity index (χ1v) is 10.1. The molecule has 0 radical (unpaired) electrons. The molecule has 0 spiro atoms. The number of benzene rings is 2. The van der Waals surface area contributed by atoms with Crippen molar-refractivity contribution in [3.05, 3.63) is 88.1 Å². The number of carbonyl (C=O) groups is 2. The Hall–Kier alpha value is -3.74. The molecule has 0 bridgehead atoms. The lowest BCUT2D eigenvalue weighted by Crippen LogP contribution is -2.22. The maximum atomic E-state index is 13.9. The minimum Gasteiger partial charge on any atom is -0.455 e. The predicted octanol–water partition coefficient (Wildman–Crippen LogP) is 4.76. The molecule has 158 valence electrons. The molecular weight excluding hydrogens is 397 g/mol. The number of anilines is 1. The van der Waals surface area contributed by atoms with Gasteiger partial charge in [0.15, 0.2) is 5.76 Å². The molecule has 4 rings (SSSR count). The number of furan rings is 1. The van der Waals surface area contributed by atoms with Crippen molar-refractivity contribution in [1.82, 2.24) is 5.43 Å². The highest BCUT2D eigenvalue weighted by Crippen LogP contribution is 2.30. The van der Waals surface area contributed by atoms with E-state index in [2.05, 4.69) is 15.8 Å². The highest BCUT2D eigenvalue weighted by Gasteiger charge is 2.28. The van der Waals surface area contributed by atoms with Crippen LogP contribution in [0.3, 0.4) is 0 Å². The van der Waals surface area contributed by atoms with Gasteiger partial charge in [-0.1, -0.05) is 30.3 Å². The van der Waals surface area contributed by atoms with Crippen molar-refractivity contribution < 1.29 is 18.4 Å². The van der Waals surface area contributed by atoms with E-state index in [9.17, 15) is 14.0 Å². The number of nitrogens with zero attached hydrogens (tertiary/aromatic N) is 1. The molecule has 1 aromatic heterocycles. The fraction of sp³-hybridized carbons (Fsp3) is 0.208. The van der Waals surface area contributed by atoms with Crippen LogP contribution in [0.25, 0.3) is 0 Å². The summed E-state index contributed by atoms with van der Waals surface area (Å²) in [4.78, 5) is 25.2. The van der Waals surface area contributed by atoms with Crippen LogP contribution in [-0.4, -0.2) is 17.5 Å². The molecule has 6 nitrogen and oxygen atoms in total. The number of rotatable bonds is 4. The van der Waals surface area contributed by atoms with Gasteiger partial charge in [-0.2, -0.15) is 5.10 Å². The van der Waals surface area contributed by atoms with Gasteiger partial charge in [-0.3, -0.25) is 9.59 Å². The zero-order valence-electron chi connectivity index (χ0n) is 17.3. The number of fused-ring (bicyclic) bond motifs is 1. The van der Waals surface area contributed by atoms with E-state index in [1.807, 2.05) is 19.1 Å². The number of halogens is 1. The Morgan fingerprint density at radius 1 is 1.00 bits per heavy atom. The third kappa shape index (κ3) is 4.12. The van der Waals surface area contributed by atoms with Crippen molar-refractivity contribution >= 4 is 23.2 Å². The quantitative estimate of drug-likeness (QED) is 0.598. The van der Waals surface area contributed by atoms with E-state index in [1.54, 1.807) is 31.2 Å². The number of hydrazone groups is 1. The largest absolute Gasteiger partial charge is 0.455 e. The van der Waals surface area contributed by atoms with Crippen LogP contribution in [0.4, 0.5) is 10.1 Å². The zero-order valence-corrected chi connectivity index (χ0v) is 17.3. The fourth-order valence-electron chi connectivity index (χ4n) is 3.74. The van der Waals surface area contributed by atoms with Crippen molar-refractivity contribution in [2.24, 2.45) is 5.10 Å². The summed E-state index contributed by atoms with van der Waals surface area (Å²) in [6.07, 6.45) is 2.09. The molecule has 1 aliphatic carbocycles. The van der Waals surface area contributed by atoms with Crippen molar-refractivity contribution in [2.75, 3.05) is 5.32 Å². The third-order valence-electron chi connectivity index (χ3n) is 5.34. The van der Waals surface area contributed by atoms with Crippen LogP contribution in [-0.2, 0) is 6.42 Å². The molecule has 0 saturated carbocycles. The van der Waals surface area contributed by atoms with Crippen LogP contribution in [0.2, 0.25) is 0 Å². The Bertz CT molecular complexity index is 1200. The lowest BCUT2D eigenvalue weighted by molar-refractivity contribution is 0.0953. The molecule has 1 aliphatic rings. The van der Waals surface area contributed by atoms with E-state index in [0.29, 0.717) is 35.4 Å². The maximum Gasteiger partial charge on any atom is 0.291 e. The van der Waals surface area contributed by atoms with Gasteiger partial charge in [0.05, 0.1) is 11.4 Å². The van der Waals surface area contributed by atoms with Crippen LogP contribution < -0.4 is 10.7 Å². The van der Waals surface area contributed by atoms with Gasteiger partial charge in [0.2, 0.25) is 0 Å². The van der Waals surface area contributed by atoms with Crippen molar-refractivity contribution in [2.45, 2.75) is 33.1 Å². The first kappa shape index (κ1) is 20.5. The van der Waals surface area contributed by atoms with Gasteiger partial charge in [0.1, 0.15) is 11.6 Å². The molecule has 0 atom stereocenters. The smallest absolute Gasteiger partial charge is 0.291 e. The molecule has 0 fully saturated rings. The van der Waals surface area contributed by atoms with Crippen LogP contribution in [0.5, 0.6) is 0 Å². The molecular formula is C24H22FN3O3. The summed E-state index contributed by atoms with van der Waals surface area (Å²) >= 11 is 0. The third-order valence-corrected chi connectivity index (χ3v) is 5.34. The number of carbonyl (C=O) groups excluding carboxylic acids is 2. The van der Waals surface area contributed by atoms with Gasteiger partial charge in [-0.05, 0) is 50.5 Å². The summed E-state index contributed by atoms with van der Waals surface area (Å²) in [5.41, 5.74) is 6.13.